The van der Waals surface area contributed by atoms with Crippen molar-refractivity contribution in [1.29, 1.82) is 0 Å². The molecule has 4 nitrogen and oxygen atoms in total. The molecule has 1 amide bonds. The second kappa shape index (κ2) is 5.61. The van der Waals surface area contributed by atoms with Crippen molar-refractivity contribution in [3.8, 4) is 5.75 Å². The maximum atomic E-state index is 12.5. The third-order valence-electron chi connectivity index (χ3n) is 3.85. The maximum absolute atomic E-state index is 12.5. The fourth-order valence-corrected chi connectivity index (χ4v) is 2.60. The second-order valence-electron chi connectivity index (χ2n) is 5.22. The average Bonchev–Trinajstić information content (AvgIpc) is 2.82. The Kier molecular flexibility index (Phi) is 4.10. The molecule has 1 heterocycles. The molecule has 1 atom stereocenters. The Bertz CT molecular complexity index is 444. The number of hydrogen-bond acceptors (Lipinski definition) is 3. The monoisotopic (exact) mass is 262 g/mol. The zero-order chi connectivity index (χ0) is 13.9. The van der Waals surface area contributed by atoms with Crippen LogP contribution in [0.3, 0.4) is 0 Å². The Morgan fingerprint density at radius 3 is 2.68 bits per heavy atom. The third kappa shape index (κ3) is 2.73. The van der Waals surface area contributed by atoms with Crippen LogP contribution >= 0.6 is 0 Å². The number of carbonyl (C=O) groups is 1. The normalized spacial score (nSPS) is 22.6. The zero-order valence-corrected chi connectivity index (χ0v) is 11.7. The molecule has 2 N–H and O–H groups in total. The van der Waals surface area contributed by atoms with Gasteiger partial charge in [-0.15, -0.1) is 0 Å². The molecule has 0 saturated carbocycles. The van der Waals surface area contributed by atoms with E-state index in [1.54, 1.807) is 0 Å². The van der Waals surface area contributed by atoms with E-state index in [4.69, 9.17) is 10.5 Å². The number of nitrogens with zero attached hydrogens (tertiary/aromatic N) is 1. The molecule has 1 aliphatic rings. The lowest BCUT2D eigenvalue weighted by atomic mass is 9.98. The molecule has 0 radical (unpaired) electrons. The molecule has 1 aliphatic heterocycles. The largest absolute Gasteiger partial charge is 0.494 e. The third-order valence-corrected chi connectivity index (χ3v) is 3.85. The van der Waals surface area contributed by atoms with Crippen LogP contribution in [-0.4, -0.2) is 36.0 Å². The number of nitrogens with two attached hydrogens (primary N) is 1. The summed E-state index contributed by atoms with van der Waals surface area (Å²) in [5, 5.41) is 0. The lowest BCUT2D eigenvalue weighted by molar-refractivity contribution is 0.0637. The molecule has 1 aromatic rings. The summed E-state index contributed by atoms with van der Waals surface area (Å²) in [6, 6.07) is 7.32. The molecule has 1 aromatic carbocycles. The molecule has 104 valence electrons. The van der Waals surface area contributed by atoms with Crippen LogP contribution in [0.15, 0.2) is 24.3 Å². The van der Waals surface area contributed by atoms with Gasteiger partial charge in [-0.05, 0) is 51.0 Å². The summed E-state index contributed by atoms with van der Waals surface area (Å²) in [4.78, 5) is 14.4. The standard InChI is InChI=1S/C15H22N2O2/c1-3-19-13-7-5-12(6-8-13)14(18)17-10-4-9-15(17,2)11-16/h5-8H,3-4,9-11,16H2,1-2H3. The Balaban J connectivity index is 2.15. The lowest BCUT2D eigenvalue weighted by Crippen LogP contribution is -2.50. The van der Waals surface area contributed by atoms with E-state index in [9.17, 15) is 4.79 Å². The van der Waals surface area contributed by atoms with Crippen LogP contribution in [0.25, 0.3) is 0 Å². The summed E-state index contributed by atoms with van der Waals surface area (Å²) in [5.41, 5.74) is 6.32. The topological polar surface area (TPSA) is 55.6 Å². The zero-order valence-electron chi connectivity index (χ0n) is 11.7. The Labute approximate surface area is 114 Å². The van der Waals surface area contributed by atoms with Crippen LogP contribution in [0.5, 0.6) is 5.75 Å². The molecule has 0 aliphatic carbocycles. The van der Waals surface area contributed by atoms with Crippen molar-refractivity contribution in [2.75, 3.05) is 19.7 Å². The molecular formula is C15H22N2O2. The summed E-state index contributed by atoms with van der Waals surface area (Å²) in [6.45, 7) is 5.93. The van der Waals surface area contributed by atoms with Gasteiger partial charge in [0.25, 0.3) is 5.91 Å². The van der Waals surface area contributed by atoms with Gasteiger partial charge in [-0.1, -0.05) is 0 Å². The van der Waals surface area contributed by atoms with Gasteiger partial charge < -0.3 is 15.4 Å². The number of rotatable bonds is 4. The molecule has 1 saturated heterocycles. The number of carbonyl (C=O) groups excluding carboxylic acids is 1. The summed E-state index contributed by atoms with van der Waals surface area (Å²) in [6.07, 6.45) is 2.00. The molecule has 1 unspecified atom stereocenters. The number of ether oxygens (including phenoxy) is 1. The highest BCUT2D eigenvalue weighted by molar-refractivity contribution is 5.95. The van der Waals surface area contributed by atoms with Gasteiger partial charge in [0, 0.05) is 18.7 Å². The fourth-order valence-electron chi connectivity index (χ4n) is 2.60. The Morgan fingerprint density at radius 1 is 1.42 bits per heavy atom. The first-order valence-corrected chi connectivity index (χ1v) is 6.85. The molecule has 0 spiro atoms. The van der Waals surface area contributed by atoms with Crippen molar-refractivity contribution in [2.24, 2.45) is 5.73 Å². The van der Waals surface area contributed by atoms with Gasteiger partial charge in [0.05, 0.1) is 12.1 Å². The van der Waals surface area contributed by atoms with Crippen molar-refractivity contribution >= 4 is 5.91 Å². The Hall–Kier alpha value is -1.55. The number of amides is 1. The van der Waals surface area contributed by atoms with Crippen LogP contribution in [-0.2, 0) is 0 Å². The van der Waals surface area contributed by atoms with E-state index < -0.39 is 0 Å². The molecule has 1 fully saturated rings. The van der Waals surface area contributed by atoms with Gasteiger partial charge >= 0.3 is 0 Å². The van der Waals surface area contributed by atoms with Crippen LogP contribution in [0.1, 0.15) is 37.0 Å². The number of hydrogen-bond donors (Lipinski definition) is 1. The molecule has 4 heteroatoms. The first-order chi connectivity index (χ1) is 9.10. The van der Waals surface area contributed by atoms with E-state index in [0.29, 0.717) is 18.7 Å². The van der Waals surface area contributed by atoms with Gasteiger partial charge in [-0.3, -0.25) is 4.79 Å². The summed E-state index contributed by atoms with van der Waals surface area (Å²) >= 11 is 0. The summed E-state index contributed by atoms with van der Waals surface area (Å²) in [7, 11) is 0. The second-order valence-corrected chi connectivity index (χ2v) is 5.22. The summed E-state index contributed by atoms with van der Waals surface area (Å²) in [5.74, 6) is 0.857. The lowest BCUT2D eigenvalue weighted by Gasteiger charge is -2.34. The van der Waals surface area contributed by atoms with Crippen LogP contribution < -0.4 is 10.5 Å². The highest BCUT2D eigenvalue weighted by Crippen LogP contribution is 2.29. The minimum atomic E-state index is -0.199. The predicted molar refractivity (Wildman–Crippen MR) is 75.3 cm³/mol. The van der Waals surface area contributed by atoms with E-state index >= 15 is 0 Å². The predicted octanol–water partition coefficient (Wildman–Crippen LogP) is 2.04. The quantitative estimate of drug-likeness (QED) is 0.903. The molecular weight excluding hydrogens is 240 g/mol. The minimum absolute atomic E-state index is 0.0634. The van der Waals surface area contributed by atoms with Crippen LogP contribution in [0.2, 0.25) is 0 Å². The number of benzene rings is 1. The average molecular weight is 262 g/mol. The van der Waals surface area contributed by atoms with Gasteiger partial charge in [-0.25, -0.2) is 0 Å². The van der Waals surface area contributed by atoms with Gasteiger partial charge in [0.2, 0.25) is 0 Å². The first-order valence-electron chi connectivity index (χ1n) is 6.85. The van der Waals surface area contributed by atoms with Gasteiger partial charge in [-0.2, -0.15) is 0 Å². The number of likely N-dealkylation sites (tertiary alicyclic amines) is 1. The molecule has 0 aromatic heterocycles. The fraction of sp³-hybridized carbons (Fsp3) is 0.533. The molecule has 2 rings (SSSR count). The van der Waals surface area contributed by atoms with Crippen molar-refractivity contribution in [3.63, 3.8) is 0 Å². The van der Waals surface area contributed by atoms with E-state index in [1.165, 1.54) is 0 Å². The van der Waals surface area contributed by atoms with E-state index in [-0.39, 0.29) is 11.4 Å². The molecule has 19 heavy (non-hydrogen) atoms. The van der Waals surface area contributed by atoms with Crippen molar-refractivity contribution < 1.29 is 9.53 Å². The van der Waals surface area contributed by atoms with E-state index in [0.717, 1.165) is 25.1 Å². The SMILES string of the molecule is CCOc1ccc(C(=O)N2CCCC2(C)CN)cc1. The van der Waals surface area contributed by atoms with Crippen LogP contribution in [0.4, 0.5) is 0 Å². The highest BCUT2D eigenvalue weighted by Gasteiger charge is 2.38. The van der Waals surface area contributed by atoms with E-state index in [2.05, 4.69) is 6.92 Å². The highest BCUT2D eigenvalue weighted by atomic mass is 16.5. The smallest absolute Gasteiger partial charge is 0.254 e. The van der Waals surface area contributed by atoms with E-state index in [1.807, 2.05) is 36.1 Å². The van der Waals surface area contributed by atoms with Crippen LogP contribution in [0, 0.1) is 0 Å². The Morgan fingerprint density at radius 2 is 2.11 bits per heavy atom. The van der Waals surface area contributed by atoms with Crippen molar-refractivity contribution in [2.45, 2.75) is 32.2 Å². The van der Waals surface area contributed by atoms with Crippen molar-refractivity contribution in [1.82, 2.24) is 4.90 Å². The van der Waals surface area contributed by atoms with Gasteiger partial charge in [0.1, 0.15) is 5.75 Å². The van der Waals surface area contributed by atoms with Gasteiger partial charge in [0.15, 0.2) is 0 Å². The summed E-state index contributed by atoms with van der Waals surface area (Å²) < 4.78 is 5.38. The first kappa shape index (κ1) is 13.9. The minimum Gasteiger partial charge on any atom is -0.494 e. The molecule has 0 bridgehead atoms. The maximum Gasteiger partial charge on any atom is 0.254 e. The van der Waals surface area contributed by atoms with Crippen molar-refractivity contribution in [3.05, 3.63) is 29.8 Å².